The van der Waals surface area contributed by atoms with Crippen molar-refractivity contribution in [3.05, 3.63) is 34.2 Å². The van der Waals surface area contributed by atoms with Crippen molar-refractivity contribution in [2.75, 3.05) is 6.54 Å². The Hall–Kier alpha value is -0.130. The van der Waals surface area contributed by atoms with E-state index in [0.717, 1.165) is 18.4 Å². The summed E-state index contributed by atoms with van der Waals surface area (Å²) in [5.74, 6) is 0. The van der Waals surface area contributed by atoms with Crippen molar-refractivity contribution in [2.45, 2.75) is 24.7 Å². The summed E-state index contributed by atoms with van der Waals surface area (Å²) < 4.78 is 0. The van der Waals surface area contributed by atoms with Crippen molar-refractivity contribution in [3.63, 3.8) is 0 Å². The van der Waals surface area contributed by atoms with Gasteiger partial charge in [0.15, 0.2) is 0 Å². The summed E-state index contributed by atoms with van der Waals surface area (Å²) in [6, 6.07) is 3.64. The molecule has 0 unspecified atom stereocenters. The van der Waals surface area contributed by atoms with Crippen LogP contribution in [0, 0.1) is 0 Å². The number of nitrogens with two attached hydrogens (primary N) is 1. The lowest BCUT2D eigenvalue weighted by Gasteiger charge is -2.41. The van der Waals surface area contributed by atoms with E-state index in [0.29, 0.717) is 6.54 Å². The summed E-state index contributed by atoms with van der Waals surface area (Å²) in [6.45, 7) is 0.649. The predicted octanol–water partition coefficient (Wildman–Crippen LogP) is 1.91. The zero-order chi connectivity index (χ0) is 9.31. The van der Waals surface area contributed by atoms with Crippen LogP contribution in [0.1, 0.15) is 24.8 Å². The topological polar surface area (TPSA) is 58.9 Å². The molecule has 0 radical (unpaired) electrons. The first-order chi connectivity index (χ1) is 6.27. The van der Waals surface area contributed by atoms with Crippen LogP contribution in [-0.2, 0) is 5.41 Å². The molecule has 1 aliphatic rings. The molecule has 15 heavy (non-hydrogen) atoms. The fourth-order valence-corrected chi connectivity index (χ4v) is 1.99. The Labute approximate surface area is 110 Å². The summed E-state index contributed by atoms with van der Waals surface area (Å²) in [5, 5.41) is 0. The molecule has 1 aliphatic carbocycles. The average Bonchev–Trinajstić information content (AvgIpc) is 2.03. The first-order valence-electron chi connectivity index (χ1n) is 4.66. The third-order valence-corrected chi connectivity index (χ3v) is 3.09. The molecule has 1 aromatic heterocycles. The summed E-state index contributed by atoms with van der Waals surface area (Å²) in [4.78, 5) is 13.7. The van der Waals surface area contributed by atoms with E-state index in [2.05, 4.69) is 4.98 Å². The van der Waals surface area contributed by atoms with Gasteiger partial charge in [-0.25, -0.2) is 0 Å². The highest BCUT2D eigenvalue weighted by Gasteiger charge is 2.37. The molecule has 0 saturated heterocycles. The van der Waals surface area contributed by atoms with Crippen LogP contribution in [0.2, 0.25) is 0 Å². The van der Waals surface area contributed by atoms with Crippen molar-refractivity contribution in [1.82, 2.24) is 4.98 Å². The molecule has 1 fully saturated rings. The van der Waals surface area contributed by atoms with Gasteiger partial charge in [-0.2, -0.15) is 0 Å². The molecular weight excluding hydrogens is 324 g/mol. The third-order valence-electron chi connectivity index (χ3n) is 3.09. The zero-order valence-corrected chi connectivity index (χ0v) is 11.8. The van der Waals surface area contributed by atoms with Gasteiger partial charge in [-0.3, -0.25) is 4.79 Å². The zero-order valence-electron chi connectivity index (χ0n) is 8.36. The summed E-state index contributed by atoms with van der Waals surface area (Å²) in [7, 11) is 0. The van der Waals surface area contributed by atoms with Gasteiger partial charge in [-0.05, 0) is 24.5 Å². The standard InChI is InChI=1S/C10H14N2O.2BrH/c11-7-10(3-1-4-10)8-2-5-12-9(13)6-8;;/h2,5-6H,1,3-4,7,11H2,(H,12,13);2*1H. The number of aromatic nitrogens is 1. The summed E-state index contributed by atoms with van der Waals surface area (Å²) in [6.07, 6.45) is 5.16. The molecule has 0 spiro atoms. The number of pyridine rings is 1. The van der Waals surface area contributed by atoms with Gasteiger partial charge in [0.25, 0.3) is 0 Å². The van der Waals surface area contributed by atoms with Crippen molar-refractivity contribution >= 4 is 34.0 Å². The van der Waals surface area contributed by atoms with Gasteiger partial charge >= 0.3 is 0 Å². The molecule has 1 heterocycles. The van der Waals surface area contributed by atoms with Gasteiger partial charge in [0.05, 0.1) is 0 Å². The normalized spacial score (nSPS) is 16.9. The Morgan fingerprint density at radius 2 is 2.07 bits per heavy atom. The Bertz CT molecular complexity index is 355. The van der Waals surface area contributed by atoms with Crippen molar-refractivity contribution in [1.29, 1.82) is 0 Å². The van der Waals surface area contributed by atoms with E-state index in [1.54, 1.807) is 12.3 Å². The molecule has 3 nitrogen and oxygen atoms in total. The molecule has 0 amide bonds. The lowest BCUT2D eigenvalue weighted by atomic mass is 9.65. The lowest BCUT2D eigenvalue weighted by Crippen LogP contribution is -2.42. The Morgan fingerprint density at radius 1 is 1.40 bits per heavy atom. The van der Waals surface area contributed by atoms with E-state index >= 15 is 0 Å². The van der Waals surface area contributed by atoms with Crippen LogP contribution in [0.5, 0.6) is 0 Å². The van der Waals surface area contributed by atoms with E-state index in [-0.39, 0.29) is 44.9 Å². The van der Waals surface area contributed by atoms with Gasteiger partial charge < -0.3 is 10.7 Å². The molecule has 0 bridgehead atoms. The minimum atomic E-state index is -0.0303. The number of hydrogen-bond donors (Lipinski definition) is 2. The molecule has 5 heteroatoms. The molecule has 86 valence electrons. The monoisotopic (exact) mass is 338 g/mol. The molecular formula is C10H16Br2N2O. The average molecular weight is 340 g/mol. The van der Waals surface area contributed by atoms with Gasteiger partial charge in [0.1, 0.15) is 0 Å². The Morgan fingerprint density at radius 3 is 2.47 bits per heavy atom. The minimum absolute atomic E-state index is 0. The predicted molar refractivity (Wildman–Crippen MR) is 72.3 cm³/mol. The molecule has 2 rings (SSSR count). The maximum absolute atomic E-state index is 11.1. The van der Waals surface area contributed by atoms with Crippen LogP contribution >= 0.6 is 34.0 Å². The second-order valence-electron chi connectivity index (χ2n) is 3.78. The first kappa shape index (κ1) is 14.9. The smallest absolute Gasteiger partial charge is 0.248 e. The second-order valence-corrected chi connectivity index (χ2v) is 3.78. The van der Waals surface area contributed by atoms with Crippen LogP contribution in [-0.4, -0.2) is 11.5 Å². The van der Waals surface area contributed by atoms with Gasteiger partial charge in [-0.1, -0.05) is 6.42 Å². The summed E-state index contributed by atoms with van der Waals surface area (Å²) >= 11 is 0. The van der Waals surface area contributed by atoms with Crippen LogP contribution in [0.25, 0.3) is 0 Å². The Balaban J connectivity index is 0.000000980. The van der Waals surface area contributed by atoms with Crippen LogP contribution < -0.4 is 11.3 Å². The first-order valence-corrected chi connectivity index (χ1v) is 4.66. The quantitative estimate of drug-likeness (QED) is 0.864. The maximum atomic E-state index is 11.1. The van der Waals surface area contributed by atoms with E-state index in [1.165, 1.54) is 6.42 Å². The second kappa shape index (κ2) is 5.82. The molecule has 1 aromatic rings. The van der Waals surface area contributed by atoms with E-state index < -0.39 is 0 Å². The number of nitrogens with one attached hydrogen (secondary N) is 1. The molecule has 0 aliphatic heterocycles. The van der Waals surface area contributed by atoms with E-state index in [9.17, 15) is 4.79 Å². The van der Waals surface area contributed by atoms with Crippen LogP contribution in [0.3, 0.4) is 0 Å². The fourth-order valence-electron chi connectivity index (χ4n) is 1.99. The number of aromatic amines is 1. The van der Waals surface area contributed by atoms with Crippen LogP contribution in [0.4, 0.5) is 0 Å². The number of halogens is 2. The number of hydrogen-bond acceptors (Lipinski definition) is 2. The molecule has 0 aromatic carbocycles. The molecule has 3 N–H and O–H groups in total. The van der Waals surface area contributed by atoms with E-state index in [4.69, 9.17) is 5.73 Å². The lowest BCUT2D eigenvalue weighted by molar-refractivity contribution is 0.252. The van der Waals surface area contributed by atoms with Crippen molar-refractivity contribution < 1.29 is 0 Å². The van der Waals surface area contributed by atoms with Crippen molar-refractivity contribution in [2.24, 2.45) is 5.73 Å². The van der Waals surface area contributed by atoms with Crippen LogP contribution in [0.15, 0.2) is 23.1 Å². The minimum Gasteiger partial charge on any atom is -0.330 e. The third kappa shape index (κ3) is 2.71. The van der Waals surface area contributed by atoms with E-state index in [1.807, 2.05) is 6.07 Å². The molecule has 1 saturated carbocycles. The maximum Gasteiger partial charge on any atom is 0.248 e. The number of H-pyrrole nitrogens is 1. The number of rotatable bonds is 2. The highest BCUT2D eigenvalue weighted by atomic mass is 79.9. The van der Waals surface area contributed by atoms with Gasteiger partial charge in [-0.15, -0.1) is 34.0 Å². The van der Waals surface area contributed by atoms with Gasteiger partial charge in [0.2, 0.25) is 5.56 Å². The fraction of sp³-hybridized carbons (Fsp3) is 0.500. The van der Waals surface area contributed by atoms with Crippen molar-refractivity contribution in [3.8, 4) is 0 Å². The SMILES string of the molecule is Br.Br.NCC1(c2cc[nH]c(=O)c2)CCC1. The van der Waals surface area contributed by atoms with Gasteiger partial charge in [0, 0.05) is 24.2 Å². The summed E-state index contributed by atoms with van der Waals surface area (Å²) in [5.41, 5.74) is 6.92. The molecule has 0 atom stereocenters. The Kier molecular flexibility index (Phi) is 5.77. The highest BCUT2D eigenvalue weighted by Crippen LogP contribution is 2.42. The highest BCUT2D eigenvalue weighted by molar-refractivity contribution is 8.93. The largest absolute Gasteiger partial charge is 0.330 e.